The maximum atomic E-state index is 13.6. The van der Waals surface area contributed by atoms with Crippen molar-refractivity contribution in [3.8, 4) is 11.3 Å². The van der Waals surface area contributed by atoms with Crippen LogP contribution in [0.25, 0.3) is 11.3 Å². The Morgan fingerprint density at radius 2 is 2.11 bits per heavy atom. The van der Waals surface area contributed by atoms with Crippen molar-refractivity contribution >= 4 is 6.29 Å². The molecule has 0 atom stereocenters. The standard InChI is InChI=1S/C13H10F2N2O/c1-2-5-17-10(8-18)7-13(16-17)11-6-9(14)3-4-12(11)15/h2-4,6-8H,1,5H2. The molecule has 92 valence electrons. The van der Waals surface area contributed by atoms with Gasteiger partial charge in [0.2, 0.25) is 0 Å². The van der Waals surface area contributed by atoms with Crippen molar-refractivity contribution in [3.05, 3.63) is 54.2 Å². The molecule has 0 spiro atoms. The third-order valence-electron chi connectivity index (χ3n) is 2.44. The van der Waals surface area contributed by atoms with Gasteiger partial charge in [0, 0.05) is 5.56 Å². The predicted molar refractivity (Wildman–Crippen MR) is 63.2 cm³/mol. The molecule has 2 rings (SSSR count). The molecule has 0 aliphatic rings. The van der Waals surface area contributed by atoms with E-state index in [1.54, 1.807) is 6.08 Å². The molecule has 0 aliphatic carbocycles. The molecule has 0 saturated heterocycles. The third-order valence-corrected chi connectivity index (χ3v) is 2.44. The molecule has 0 fully saturated rings. The molecule has 0 aliphatic heterocycles. The van der Waals surface area contributed by atoms with E-state index < -0.39 is 11.6 Å². The molecule has 0 unspecified atom stereocenters. The summed E-state index contributed by atoms with van der Waals surface area (Å²) in [7, 11) is 0. The van der Waals surface area contributed by atoms with Crippen molar-refractivity contribution < 1.29 is 13.6 Å². The lowest BCUT2D eigenvalue weighted by molar-refractivity contribution is 0.111. The van der Waals surface area contributed by atoms with Crippen LogP contribution in [0.3, 0.4) is 0 Å². The summed E-state index contributed by atoms with van der Waals surface area (Å²) in [4.78, 5) is 10.8. The number of aldehydes is 1. The van der Waals surface area contributed by atoms with Gasteiger partial charge in [0.25, 0.3) is 0 Å². The number of halogens is 2. The number of benzene rings is 1. The number of aromatic nitrogens is 2. The summed E-state index contributed by atoms with van der Waals surface area (Å²) in [5.74, 6) is -1.14. The van der Waals surface area contributed by atoms with Gasteiger partial charge in [-0.05, 0) is 24.3 Å². The van der Waals surface area contributed by atoms with Crippen LogP contribution in [0, 0.1) is 11.6 Å². The van der Waals surface area contributed by atoms with Gasteiger partial charge < -0.3 is 0 Å². The van der Waals surface area contributed by atoms with E-state index in [0.717, 1.165) is 18.2 Å². The average molecular weight is 248 g/mol. The number of hydrogen-bond acceptors (Lipinski definition) is 2. The highest BCUT2D eigenvalue weighted by atomic mass is 19.1. The predicted octanol–water partition coefficient (Wildman–Crippen LogP) is 2.83. The van der Waals surface area contributed by atoms with E-state index in [1.165, 1.54) is 10.7 Å². The van der Waals surface area contributed by atoms with E-state index in [4.69, 9.17) is 0 Å². The Morgan fingerprint density at radius 3 is 2.78 bits per heavy atom. The van der Waals surface area contributed by atoms with Gasteiger partial charge in [-0.1, -0.05) is 6.08 Å². The molecule has 0 amide bonds. The molecule has 1 aromatic heterocycles. The molecule has 0 bridgehead atoms. The van der Waals surface area contributed by atoms with Gasteiger partial charge in [0.05, 0.1) is 12.2 Å². The van der Waals surface area contributed by atoms with Crippen LogP contribution in [-0.2, 0) is 6.54 Å². The van der Waals surface area contributed by atoms with Crippen LogP contribution in [0.5, 0.6) is 0 Å². The second kappa shape index (κ2) is 4.91. The van der Waals surface area contributed by atoms with Crippen molar-refractivity contribution in [2.24, 2.45) is 0 Å². The molecular formula is C13H10F2N2O. The Labute approximate surface area is 102 Å². The van der Waals surface area contributed by atoms with Crippen LogP contribution in [0.4, 0.5) is 8.78 Å². The summed E-state index contributed by atoms with van der Waals surface area (Å²) < 4.78 is 28.0. The first-order valence-electron chi connectivity index (χ1n) is 5.25. The minimum atomic E-state index is -0.586. The Kier molecular flexibility index (Phi) is 3.32. The maximum absolute atomic E-state index is 13.6. The Hall–Kier alpha value is -2.30. The van der Waals surface area contributed by atoms with E-state index in [0.29, 0.717) is 12.8 Å². The molecule has 2 aromatic rings. The van der Waals surface area contributed by atoms with Crippen LogP contribution >= 0.6 is 0 Å². The Bertz CT molecular complexity index is 605. The molecule has 18 heavy (non-hydrogen) atoms. The fraction of sp³-hybridized carbons (Fsp3) is 0.0769. The summed E-state index contributed by atoms with van der Waals surface area (Å²) in [5, 5.41) is 4.05. The summed E-state index contributed by atoms with van der Waals surface area (Å²) in [6, 6.07) is 4.51. The minimum absolute atomic E-state index is 0.0286. The normalized spacial score (nSPS) is 10.3. The van der Waals surface area contributed by atoms with Gasteiger partial charge in [0.15, 0.2) is 6.29 Å². The SMILES string of the molecule is C=CCn1nc(-c2cc(F)ccc2F)cc1C=O. The lowest BCUT2D eigenvalue weighted by atomic mass is 10.1. The summed E-state index contributed by atoms with van der Waals surface area (Å²) in [6.45, 7) is 3.86. The van der Waals surface area contributed by atoms with Crippen molar-refractivity contribution in [2.75, 3.05) is 0 Å². The highest BCUT2D eigenvalue weighted by Crippen LogP contribution is 2.23. The van der Waals surface area contributed by atoms with Gasteiger partial charge in [0.1, 0.15) is 17.3 Å². The zero-order valence-electron chi connectivity index (χ0n) is 9.44. The summed E-state index contributed by atoms with van der Waals surface area (Å²) in [6.07, 6.45) is 2.17. The molecule has 1 heterocycles. The minimum Gasteiger partial charge on any atom is -0.296 e. The molecule has 3 nitrogen and oxygen atoms in total. The zero-order valence-corrected chi connectivity index (χ0v) is 9.44. The second-order valence-electron chi connectivity index (χ2n) is 3.67. The number of nitrogens with zero attached hydrogens (tertiary/aromatic N) is 2. The van der Waals surface area contributed by atoms with Gasteiger partial charge in [-0.2, -0.15) is 5.10 Å². The van der Waals surface area contributed by atoms with E-state index in [2.05, 4.69) is 11.7 Å². The average Bonchev–Trinajstić information content (AvgIpc) is 2.76. The fourth-order valence-corrected chi connectivity index (χ4v) is 1.62. The molecule has 0 saturated carbocycles. The van der Waals surface area contributed by atoms with Crippen LogP contribution in [0.2, 0.25) is 0 Å². The van der Waals surface area contributed by atoms with Crippen molar-refractivity contribution in [2.45, 2.75) is 6.54 Å². The quantitative estimate of drug-likeness (QED) is 0.616. The summed E-state index contributed by atoms with van der Waals surface area (Å²) >= 11 is 0. The Balaban J connectivity index is 2.53. The number of rotatable bonds is 4. The van der Waals surface area contributed by atoms with E-state index in [-0.39, 0.29) is 17.0 Å². The fourth-order valence-electron chi connectivity index (χ4n) is 1.62. The van der Waals surface area contributed by atoms with E-state index >= 15 is 0 Å². The van der Waals surface area contributed by atoms with Crippen LogP contribution in [0.15, 0.2) is 36.9 Å². The topological polar surface area (TPSA) is 34.9 Å². The largest absolute Gasteiger partial charge is 0.296 e. The maximum Gasteiger partial charge on any atom is 0.168 e. The molecule has 0 radical (unpaired) electrons. The lowest BCUT2D eigenvalue weighted by Gasteiger charge is -1.99. The van der Waals surface area contributed by atoms with Gasteiger partial charge in [-0.25, -0.2) is 8.78 Å². The monoisotopic (exact) mass is 248 g/mol. The second-order valence-corrected chi connectivity index (χ2v) is 3.67. The summed E-state index contributed by atoms with van der Waals surface area (Å²) in [5.41, 5.74) is 0.533. The van der Waals surface area contributed by atoms with Crippen molar-refractivity contribution in [1.29, 1.82) is 0 Å². The number of carbonyl (C=O) groups excluding carboxylic acids is 1. The van der Waals surface area contributed by atoms with Crippen molar-refractivity contribution in [1.82, 2.24) is 9.78 Å². The first-order chi connectivity index (χ1) is 8.65. The molecule has 1 aromatic carbocycles. The van der Waals surface area contributed by atoms with Crippen LogP contribution in [0.1, 0.15) is 10.5 Å². The van der Waals surface area contributed by atoms with E-state index in [9.17, 15) is 13.6 Å². The third kappa shape index (κ3) is 2.20. The van der Waals surface area contributed by atoms with E-state index in [1.807, 2.05) is 0 Å². The molecule has 0 N–H and O–H groups in total. The Morgan fingerprint density at radius 1 is 1.33 bits per heavy atom. The number of allylic oxidation sites excluding steroid dienone is 1. The first kappa shape index (κ1) is 12.2. The molecular weight excluding hydrogens is 238 g/mol. The van der Waals surface area contributed by atoms with Crippen molar-refractivity contribution in [3.63, 3.8) is 0 Å². The van der Waals surface area contributed by atoms with Crippen LogP contribution in [-0.4, -0.2) is 16.1 Å². The highest BCUT2D eigenvalue weighted by molar-refractivity contribution is 5.76. The smallest absolute Gasteiger partial charge is 0.168 e. The highest BCUT2D eigenvalue weighted by Gasteiger charge is 2.12. The van der Waals surface area contributed by atoms with Gasteiger partial charge in [-0.3, -0.25) is 9.48 Å². The first-order valence-corrected chi connectivity index (χ1v) is 5.25. The van der Waals surface area contributed by atoms with Gasteiger partial charge in [-0.15, -0.1) is 6.58 Å². The molecule has 5 heteroatoms. The van der Waals surface area contributed by atoms with Crippen LogP contribution < -0.4 is 0 Å². The zero-order chi connectivity index (χ0) is 13.1. The number of carbonyl (C=O) groups is 1. The lowest BCUT2D eigenvalue weighted by Crippen LogP contribution is -2.02. The van der Waals surface area contributed by atoms with Gasteiger partial charge >= 0.3 is 0 Å². The number of hydrogen-bond donors (Lipinski definition) is 0.